The van der Waals surface area contributed by atoms with Gasteiger partial charge >= 0.3 is 0 Å². The van der Waals surface area contributed by atoms with E-state index in [4.69, 9.17) is 32.7 Å². The van der Waals surface area contributed by atoms with Crippen molar-refractivity contribution >= 4 is 45.3 Å². The maximum atomic E-state index is 13.6. The zero-order valence-electron chi connectivity index (χ0n) is 18.9. The number of rotatable bonds is 10. The first-order valence-electron chi connectivity index (χ1n) is 10.3. The lowest BCUT2D eigenvalue weighted by Gasteiger charge is -2.23. The highest BCUT2D eigenvalue weighted by molar-refractivity contribution is 7.89. The van der Waals surface area contributed by atoms with E-state index in [0.717, 1.165) is 4.31 Å². The average molecular weight is 536 g/mol. The van der Waals surface area contributed by atoms with E-state index in [2.05, 4.69) is 10.5 Å². The Kier molecular flexibility index (Phi) is 9.11. The molecule has 0 aliphatic carbocycles. The van der Waals surface area contributed by atoms with E-state index in [1.165, 1.54) is 32.6 Å². The van der Waals surface area contributed by atoms with E-state index < -0.39 is 22.5 Å². The normalized spacial score (nSPS) is 11.6. The Morgan fingerprint density at radius 1 is 1.00 bits per heavy atom. The first kappa shape index (κ1) is 26.5. The van der Waals surface area contributed by atoms with Crippen LogP contribution in [0.15, 0.2) is 76.7 Å². The first-order valence-corrected chi connectivity index (χ1v) is 12.5. The number of nitrogens with zero attached hydrogens (tertiary/aromatic N) is 2. The zero-order chi connectivity index (χ0) is 25.4. The second-order valence-electron chi connectivity index (χ2n) is 7.24. The van der Waals surface area contributed by atoms with Crippen LogP contribution in [0.4, 0.5) is 0 Å². The summed E-state index contributed by atoms with van der Waals surface area (Å²) in [5, 5.41) is 4.63. The highest BCUT2D eigenvalue weighted by atomic mass is 35.5. The average Bonchev–Trinajstić information content (AvgIpc) is 2.86. The van der Waals surface area contributed by atoms with E-state index >= 15 is 0 Å². The molecule has 3 rings (SSSR count). The molecule has 1 N–H and O–H groups in total. The molecule has 11 heteroatoms. The predicted molar refractivity (Wildman–Crippen MR) is 136 cm³/mol. The number of benzene rings is 3. The van der Waals surface area contributed by atoms with Gasteiger partial charge in [-0.1, -0.05) is 59.6 Å². The van der Waals surface area contributed by atoms with Gasteiger partial charge in [0.2, 0.25) is 10.0 Å². The summed E-state index contributed by atoms with van der Waals surface area (Å²) in [7, 11) is -1.38. The standard InChI is InChI=1S/C24H23Cl2N3O5S/c1-33-19-9-11-22(34-2)23(13-19)35(31,32)29(15-17-6-4-3-5-7-17)16-24(30)28-27-14-18-8-10-20(25)21(26)12-18/h3-14H,15-16H2,1-2H3,(H,28,30)/b27-14+. The molecule has 0 heterocycles. The third kappa shape index (κ3) is 6.95. The molecular weight excluding hydrogens is 513 g/mol. The van der Waals surface area contributed by atoms with Crippen molar-refractivity contribution in [2.45, 2.75) is 11.4 Å². The summed E-state index contributed by atoms with van der Waals surface area (Å²) in [6.07, 6.45) is 1.38. The Bertz CT molecular complexity index is 1320. The van der Waals surface area contributed by atoms with Crippen LogP contribution in [0.3, 0.4) is 0 Å². The van der Waals surface area contributed by atoms with E-state index in [0.29, 0.717) is 26.9 Å². The van der Waals surface area contributed by atoms with Crippen LogP contribution in [0, 0.1) is 0 Å². The number of hydrogen-bond acceptors (Lipinski definition) is 6. The lowest BCUT2D eigenvalue weighted by Crippen LogP contribution is -2.39. The van der Waals surface area contributed by atoms with Gasteiger partial charge in [0.25, 0.3) is 5.91 Å². The fourth-order valence-electron chi connectivity index (χ4n) is 3.10. The number of sulfonamides is 1. The molecule has 1 amide bonds. The molecule has 0 aromatic heterocycles. The number of carbonyl (C=O) groups is 1. The number of carbonyl (C=O) groups excluding carboxylic acids is 1. The van der Waals surface area contributed by atoms with E-state index in [1.807, 2.05) is 6.07 Å². The third-order valence-corrected chi connectivity index (χ3v) is 7.41. The monoisotopic (exact) mass is 535 g/mol. The van der Waals surface area contributed by atoms with Gasteiger partial charge in [0.1, 0.15) is 16.4 Å². The number of hydrogen-bond donors (Lipinski definition) is 1. The van der Waals surface area contributed by atoms with Crippen molar-refractivity contribution < 1.29 is 22.7 Å². The molecule has 0 saturated carbocycles. The smallest absolute Gasteiger partial charge is 0.255 e. The van der Waals surface area contributed by atoms with Crippen molar-refractivity contribution in [1.29, 1.82) is 0 Å². The van der Waals surface area contributed by atoms with Crippen molar-refractivity contribution in [2.24, 2.45) is 5.10 Å². The Hall–Kier alpha value is -3.11. The van der Waals surface area contributed by atoms with E-state index in [1.54, 1.807) is 48.5 Å². The summed E-state index contributed by atoms with van der Waals surface area (Å²) in [5.74, 6) is -0.177. The molecule has 3 aromatic carbocycles. The van der Waals surface area contributed by atoms with Gasteiger partial charge in [-0.2, -0.15) is 9.41 Å². The Morgan fingerprint density at radius 3 is 2.40 bits per heavy atom. The van der Waals surface area contributed by atoms with E-state index in [-0.39, 0.29) is 17.2 Å². The second-order valence-corrected chi connectivity index (χ2v) is 9.96. The minimum Gasteiger partial charge on any atom is -0.497 e. The van der Waals surface area contributed by atoms with Crippen LogP contribution in [-0.4, -0.2) is 45.6 Å². The van der Waals surface area contributed by atoms with Crippen molar-refractivity contribution in [1.82, 2.24) is 9.73 Å². The van der Waals surface area contributed by atoms with Crippen LogP contribution in [0.2, 0.25) is 10.0 Å². The maximum absolute atomic E-state index is 13.6. The number of methoxy groups -OCH3 is 2. The largest absolute Gasteiger partial charge is 0.497 e. The highest BCUT2D eigenvalue weighted by Crippen LogP contribution is 2.31. The Morgan fingerprint density at radius 2 is 1.74 bits per heavy atom. The number of amides is 1. The molecule has 3 aromatic rings. The minimum atomic E-state index is -4.17. The van der Waals surface area contributed by atoms with Crippen LogP contribution in [0.25, 0.3) is 0 Å². The fraction of sp³-hybridized carbons (Fsp3) is 0.167. The van der Waals surface area contributed by atoms with Gasteiger partial charge in [0.05, 0.1) is 37.0 Å². The van der Waals surface area contributed by atoms with Gasteiger partial charge in [-0.3, -0.25) is 4.79 Å². The van der Waals surface area contributed by atoms with Crippen molar-refractivity contribution in [3.63, 3.8) is 0 Å². The summed E-state index contributed by atoms with van der Waals surface area (Å²) in [6.45, 7) is -0.538. The van der Waals surface area contributed by atoms with Crippen molar-refractivity contribution in [3.05, 3.63) is 87.9 Å². The molecule has 0 radical (unpaired) electrons. The van der Waals surface area contributed by atoms with E-state index in [9.17, 15) is 13.2 Å². The molecular formula is C24H23Cl2N3O5S. The zero-order valence-corrected chi connectivity index (χ0v) is 21.3. The molecule has 0 unspecified atom stereocenters. The predicted octanol–water partition coefficient (Wildman–Crippen LogP) is 4.35. The molecule has 8 nitrogen and oxygen atoms in total. The number of nitrogens with one attached hydrogen (secondary N) is 1. The van der Waals surface area contributed by atoms with Gasteiger partial charge in [-0.05, 0) is 35.4 Å². The summed E-state index contributed by atoms with van der Waals surface area (Å²) < 4.78 is 38.8. The quantitative estimate of drug-likeness (QED) is 0.307. The third-order valence-electron chi connectivity index (χ3n) is 4.86. The van der Waals surface area contributed by atoms with Crippen LogP contribution in [0.5, 0.6) is 11.5 Å². The van der Waals surface area contributed by atoms with Gasteiger partial charge < -0.3 is 9.47 Å². The second kappa shape index (κ2) is 12.0. The van der Waals surface area contributed by atoms with Crippen molar-refractivity contribution in [2.75, 3.05) is 20.8 Å². The van der Waals surface area contributed by atoms with Crippen LogP contribution in [-0.2, 0) is 21.4 Å². The highest BCUT2D eigenvalue weighted by Gasteiger charge is 2.30. The molecule has 0 bridgehead atoms. The molecule has 35 heavy (non-hydrogen) atoms. The summed E-state index contributed by atoms with van der Waals surface area (Å²) >= 11 is 11.9. The molecule has 0 aliphatic rings. The van der Waals surface area contributed by atoms with Gasteiger partial charge in [0, 0.05) is 12.6 Å². The number of hydrazone groups is 1. The molecule has 0 atom stereocenters. The van der Waals surface area contributed by atoms with Crippen LogP contribution < -0.4 is 14.9 Å². The van der Waals surface area contributed by atoms with Crippen molar-refractivity contribution in [3.8, 4) is 11.5 Å². The summed E-state index contributed by atoms with van der Waals surface area (Å²) in [5.41, 5.74) is 3.65. The number of halogens is 2. The maximum Gasteiger partial charge on any atom is 0.255 e. The molecule has 0 fully saturated rings. The summed E-state index contributed by atoms with van der Waals surface area (Å²) in [6, 6.07) is 18.2. The Labute approximate surface area is 214 Å². The Balaban J connectivity index is 1.86. The van der Waals surface area contributed by atoms with Gasteiger partial charge in [-0.25, -0.2) is 13.8 Å². The molecule has 184 valence electrons. The van der Waals surface area contributed by atoms with Crippen LogP contribution >= 0.6 is 23.2 Å². The number of ether oxygens (including phenoxy) is 2. The lowest BCUT2D eigenvalue weighted by molar-refractivity contribution is -0.121. The van der Waals surface area contributed by atoms with Crippen LogP contribution in [0.1, 0.15) is 11.1 Å². The lowest BCUT2D eigenvalue weighted by atomic mass is 10.2. The fourth-order valence-corrected chi connectivity index (χ4v) is 4.97. The topological polar surface area (TPSA) is 97.3 Å². The summed E-state index contributed by atoms with van der Waals surface area (Å²) in [4.78, 5) is 12.6. The first-order chi connectivity index (χ1) is 16.7. The minimum absolute atomic E-state index is 0.0482. The van der Waals surface area contributed by atoms with Gasteiger partial charge in [0.15, 0.2) is 0 Å². The molecule has 0 aliphatic heterocycles. The SMILES string of the molecule is COc1ccc(OC)c(S(=O)(=O)N(CC(=O)N/N=C/c2ccc(Cl)c(Cl)c2)Cc2ccccc2)c1. The molecule has 0 spiro atoms. The molecule has 0 saturated heterocycles. The van der Waals surface area contributed by atoms with Gasteiger partial charge in [-0.15, -0.1) is 0 Å².